The molecule has 0 unspecified atom stereocenters. The molecule has 1 aromatic carbocycles. The van der Waals surface area contributed by atoms with E-state index in [1.807, 2.05) is 13.0 Å². The van der Waals surface area contributed by atoms with Gasteiger partial charge in [-0.15, -0.1) is 0 Å². The quantitative estimate of drug-likeness (QED) is 0.626. The second kappa shape index (κ2) is 7.07. The highest BCUT2D eigenvalue weighted by Gasteiger charge is 2.37. The summed E-state index contributed by atoms with van der Waals surface area (Å²) in [6, 6.07) is 10.4. The third-order valence-corrected chi connectivity index (χ3v) is 5.29. The Morgan fingerprint density at radius 2 is 1.96 bits per heavy atom. The van der Waals surface area contributed by atoms with Gasteiger partial charge in [0.15, 0.2) is 0 Å². The topological polar surface area (TPSA) is 82.5 Å². The Balaban J connectivity index is 0.000000151. The maximum Gasteiger partial charge on any atom is 0.294 e. The van der Waals surface area contributed by atoms with Crippen LogP contribution in [0.3, 0.4) is 0 Å². The molecule has 2 N–H and O–H groups in total. The second-order valence-corrected chi connectivity index (χ2v) is 7.70. The summed E-state index contributed by atoms with van der Waals surface area (Å²) in [5, 5.41) is 3.43. The lowest BCUT2D eigenvalue weighted by atomic mass is 10.2. The summed E-state index contributed by atoms with van der Waals surface area (Å²) in [4.78, 5) is 5.93. The van der Waals surface area contributed by atoms with Gasteiger partial charge < -0.3 is 10.2 Å². The zero-order valence-corrected chi connectivity index (χ0v) is 14.6. The number of nitrogens with zero attached hydrogens (tertiary/aromatic N) is 2. The molecular formula is C17H20FN3O3S. The Morgan fingerprint density at radius 1 is 1.24 bits per heavy atom. The van der Waals surface area contributed by atoms with Gasteiger partial charge in [-0.05, 0) is 37.6 Å². The van der Waals surface area contributed by atoms with Crippen molar-refractivity contribution in [2.45, 2.75) is 30.3 Å². The van der Waals surface area contributed by atoms with Crippen LogP contribution in [0.4, 0.5) is 10.1 Å². The fraction of sp³-hybridized carbons (Fsp3) is 0.353. The first-order chi connectivity index (χ1) is 11.8. The summed E-state index contributed by atoms with van der Waals surface area (Å²) in [5.74, 6) is -0.406. The maximum atomic E-state index is 12.6. The van der Waals surface area contributed by atoms with Crippen molar-refractivity contribution in [3.8, 4) is 0 Å². The number of rotatable bonds is 2. The van der Waals surface area contributed by atoms with Gasteiger partial charge in [0.25, 0.3) is 10.1 Å². The van der Waals surface area contributed by atoms with Crippen molar-refractivity contribution in [1.82, 2.24) is 10.3 Å². The Hall–Kier alpha value is -2.03. The number of piperazine rings is 1. The molecule has 0 saturated carbocycles. The molecule has 25 heavy (non-hydrogen) atoms. The van der Waals surface area contributed by atoms with Crippen molar-refractivity contribution in [2.75, 3.05) is 18.0 Å². The monoisotopic (exact) mass is 365 g/mol. The van der Waals surface area contributed by atoms with Crippen molar-refractivity contribution < 1.29 is 17.4 Å². The number of nitrogens with one attached hydrogen (secondary N) is 1. The second-order valence-electron chi connectivity index (χ2n) is 6.27. The van der Waals surface area contributed by atoms with Crippen molar-refractivity contribution >= 4 is 15.8 Å². The van der Waals surface area contributed by atoms with Gasteiger partial charge in [0.2, 0.25) is 5.95 Å². The molecule has 0 spiro atoms. The van der Waals surface area contributed by atoms with E-state index in [-0.39, 0.29) is 4.90 Å². The van der Waals surface area contributed by atoms with Crippen LogP contribution in [0.25, 0.3) is 0 Å². The van der Waals surface area contributed by atoms with Crippen molar-refractivity contribution in [2.24, 2.45) is 0 Å². The van der Waals surface area contributed by atoms with E-state index in [1.54, 1.807) is 18.3 Å². The minimum atomic E-state index is -4.02. The lowest BCUT2D eigenvalue weighted by Gasteiger charge is -2.29. The fourth-order valence-electron chi connectivity index (χ4n) is 3.13. The minimum absolute atomic E-state index is 0.0666. The third kappa shape index (κ3) is 4.33. The number of pyridine rings is 1. The van der Waals surface area contributed by atoms with Gasteiger partial charge in [0, 0.05) is 25.2 Å². The van der Waals surface area contributed by atoms with Gasteiger partial charge in [-0.3, -0.25) is 4.55 Å². The molecule has 4 rings (SSSR count). The van der Waals surface area contributed by atoms with Crippen LogP contribution in [0.5, 0.6) is 0 Å². The van der Waals surface area contributed by atoms with Crippen molar-refractivity contribution in [3.05, 3.63) is 54.1 Å². The number of benzene rings is 1. The SMILES string of the molecule is Cc1ccc(S(=O)(=O)O)cc1.Fc1ccc(N2C[C@H]3C[C@@H]2CN3)cn1. The van der Waals surface area contributed by atoms with Crippen LogP contribution in [0.1, 0.15) is 12.0 Å². The predicted octanol–water partition coefficient (Wildman–Crippen LogP) is 2.01. The molecule has 8 heteroatoms. The van der Waals surface area contributed by atoms with Crippen LogP contribution in [-0.2, 0) is 10.1 Å². The van der Waals surface area contributed by atoms with E-state index >= 15 is 0 Å². The van der Waals surface area contributed by atoms with Crippen LogP contribution >= 0.6 is 0 Å². The standard InChI is InChI=1S/C10H12FN3.C7H8O3S/c11-10-2-1-8(4-13-10)14-6-7-3-9(14)5-12-7;1-6-2-4-7(5-3-6)11(8,9)10/h1-2,4,7,9,12H,3,5-6H2;2-5H,1H3,(H,8,9,10)/t7-,9-;/m1./s1. The van der Waals surface area contributed by atoms with E-state index in [0.717, 1.165) is 24.3 Å². The molecule has 2 aliphatic rings. The summed E-state index contributed by atoms with van der Waals surface area (Å²) in [6.07, 6.45) is 2.83. The number of hydrogen-bond donors (Lipinski definition) is 2. The van der Waals surface area contributed by atoms with Crippen molar-refractivity contribution in [1.29, 1.82) is 0 Å². The molecule has 6 nitrogen and oxygen atoms in total. The lowest BCUT2D eigenvalue weighted by molar-refractivity contribution is 0.483. The van der Waals surface area contributed by atoms with Crippen LogP contribution < -0.4 is 10.2 Å². The van der Waals surface area contributed by atoms with Crippen LogP contribution in [0.15, 0.2) is 47.5 Å². The Bertz CT molecular complexity index is 825. The lowest BCUT2D eigenvalue weighted by Crippen LogP contribution is -2.43. The summed E-state index contributed by atoms with van der Waals surface area (Å²) in [5.41, 5.74) is 2.00. The molecule has 2 atom stereocenters. The summed E-state index contributed by atoms with van der Waals surface area (Å²) in [7, 11) is -4.02. The highest BCUT2D eigenvalue weighted by atomic mass is 32.2. The van der Waals surface area contributed by atoms with Gasteiger partial charge in [0.1, 0.15) is 0 Å². The Labute approximate surface area is 146 Å². The molecule has 1 aromatic heterocycles. The molecule has 2 bridgehead atoms. The van der Waals surface area contributed by atoms with Gasteiger partial charge in [0.05, 0.1) is 16.8 Å². The van der Waals surface area contributed by atoms with E-state index < -0.39 is 16.1 Å². The molecule has 0 radical (unpaired) electrons. The number of aromatic nitrogens is 1. The molecule has 2 fully saturated rings. The fourth-order valence-corrected chi connectivity index (χ4v) is 3.61. The van der Waals surface area contributed by atoms with Gasteiger partial charge >= 0.3 is 0 Å². The first-order valence-corrected chi connectivity index (χ1v) is 9.42. The first kappa shape index (κ1) is 17.8. The van der Waals surface area contributed by atoms with E-state index in [0.29, 0.717) is 12.1 Å². The predicted molar refractivity (Wildman–Crippen MR) is 92.7 cm³/mol. The number of aryl methyl sites for hydroxylation is 1. The molecule has 2 aromatic rings. The average molecular weight is 365 g/mol. The normalized spacial score (nSPS) is 21.8. The highest BCUT2D eigenvalue weighted by Crippen LogP contribution is 2.28. The molecule has 0 aliphatic carbocycles. The van der Waals surface area contributed by atoms with E-state index in [4.69, 9.17) is 4.55 Å². The smallest absolute Gasteiger partial charge is 0.294 e. The molecule has 134 valence electrons. The maximum absolute atomic E-state index is 12.6. The molecular weight excluding hydrogens is 345 g/mol. The van der Waals surface area contributed by atoms with Gasteiger partial charge in [-0.25, -0.2) is 4.98 Å². The Morgan fingerprint density at radius 3 is 2.44 bits per heavy atom. The number of halogens is 1. The van der Waals surface area contributed by atoms with Crippen LogP contribution in [-0.4, -0.2) is 43.1 Å². The first-order valence-electron chi connectivity index (χ1n) is 7.98. The Kier molecular flexibility index (Phi) is 5.03. The van der Waals surface area contributed by atoms with E-state index in [1.165, 1.54) is 24.6 Å². The summed E-state index contributed by atoms with van der Waals surface area (Å²) >= 11 is 0. The highest BCUT2D eigenvalue weighted by molar-refractivity contribution is 7.85. The summed E-state index contributed by atoms with van der Waals surface area (Å²) in [6.45, 7) is 3.91. The van der Waals surface area contributed by atoms with E-state index in [2.05, 4.69) is 15.2 Å². The van der Waals surface area contributed by atoms with E-state index in [9.17, 15) is 12.8 Å². The zero-order valence-electron chi connectivity index (χ0n) is 13.8. The summed E-state index contributed by atoms with van der Waals surface area (Å²) < 4.78 is 42.2. The van der Waals surface area contributed by atoms with Crippen molar-refractivity contribution in [3.63, 3.8) is 0 Å². The molecule has 3 heterocycles. The molecule has 2 aliphatic heterocycles. The molecule has 0 amide bonds. The third-order valence-electron chi connectivity index (χ3n) is 4.42. The number of fused-ring (bicyclic) bond motifs is 2. The zero-order chi connectivity index (χ0) is 18.0. The number of hydrogen-bond acceptors (Lipinski definition) is 5. The largest absolute Gasteiger partial charge is 0.364 e. The van der Waals surface area contributed by atoms with Gasteiger partial charge in [-0.1, -0.05) is 17.7 Å². The van der Waals surface area contributed by atoms with Gasteiger partial charge in [-0.2, -0.15) is 12.8 Å². The number of anilines is 1. The van der Waals surface area contributed by atoms with Crippen LogP contribution in [0, 0.1) is 12.9 Å². The minimum Gasteiger partial charge on any atom is -0.364 e. The average Bonchev–Trinajstić information content (AvgIpc) is 3.19. The van der Waals surface area contributed by atoms with Crippen LogP contribution in [0.2, 0.25) is 0 Å². The molecule has 2 saturated heterocycles.